The molecule has 0 unspecified atom stereocenters. The first-order valence-electron chi connectivity index (χ1n) is 6.40. The van der Waals surface area contributed by atoms with Crippen LogP contribution in [0.4, 0.5) is 0 Å². The van der Waals surface area contributed by atoms with E-state index in [0.717, 1.165) is 5.56 Å². The van der Waals surface area contributed by atoms with Crippen LogP contribution in [0.5, 0.6) is 0 Å². The van der Waals surface area contributed by atoms with E-state index in [1.165, 1.54) is 28.6 Å². The Morgan fingerprint density at radius 1 is 0.818 bits per heavy atom. The number of hydrogen-bond acceptors (Lipinski definition) is 4. The quantitative estimate of drug-likeness (QED) is 0.790. The maximum atomic E-state index is 12.6. The minimum absolute atomic E-state index is 0.0214. The average Bonchev–Trinajstić information content (AvgIpc) is 2.91. The zero-order valence-corrected chi connectivity index (χ0v) is 13.7. The van der Waals surface area contributed by atoms with Crippen molar-refractivity contribution in [2.24, 2.45) is 0 Å². The molecular formula is C14H12ClNO4S2. The van der Waals surface area contributed by atoms with Gasteiger partial charge in [-0.05, 0) is 35.4 Å². The summed E-state index contributed by atoms with van der Waals surface area (Å²) in [7, 11) is -2.11. The summed E-state index contributed by atoms with van der Waals surface area (Å²) in [6, 6.07) is 12.6. The summed E-state index contributed by atoms with van der Waals surface area (Å²) >= 11 is 0. The predicted octanol–water partition coefficient (Wildman–Crippen LogP) is 2.32. The molecule has 0 radical (unpaired) electrons. The molecule has 22 heavy (non-hydrogen) atoms. The molecule has 2 aromatic rings. The third-order valence-corrected chi connectivity index (χ3v) is 6.69. The number of nitrogens with zero attached hydrogens (tertiary/aromatic N) is 1. The van der Waals surface area contributed by atoms with Crippen molar-refractivity contribution in [3.63, 3.8) is 0 Å². The molecule has 0 saturated heterocycles. The van der Waals surface area contributed by atoms with Gasteiger partial charge < -0.3 is 0 Å². The van der Waals surface area contributed by atoms with Crippen LogP contribution in [0.25, 0.3) is 0 Å². The lowest BCUT2D eigenvalue weighted by molar-refractivity contribution is 0.431. The maximum absolute atomic E-state index is 12.6. The average molecular weight is 358 g/mol. The summed E-state index contributed by atoms with van der Waals surface area (Å²) in [5.41, 5.74) is 1.44. The molecule has 0 spiro atoms. The normalized spacial score (nSPS) is 15.7. The van der Waals surface area contributed by atoms with Gasteiger partial charge in [0.1, 0.15) is 0 Å². The fourth-order valence-electron chi connectivity index (χ4n) is 2.40. The van der Waals surface area contributed by atoms with Crippen molar-refractivity contribution in [2.75, 3.05) is 0 Å². The molecular weight excluding hydrogens is 346 g/mol. The first-order chi connectivity index (χ1) is 10.3. The van der Waals surface area contributed by atoms with Crippen LogP contribution >= 0.6 is 10.7 Å². The van der Waals surface area contributed by atoms with Gasteiger partial charge in [-0.2, -0.15) is 4.31 Å². The SMILES string of the molecule is O=S(=O)(Cl)c1ccc2c(c1)CN(S(=O)(=O)c1ccccc1)C2. The summed E-state index contributed by atoms with van der Waals surface area (Å²) in [6.45, 7) is 0.349. The number of sulfonamides is 1. The molecule has 116 valence electrons. The minimum Gasteiger partial charge on any atom is -0.207 e. The highest BCUT2D eigenvalue weighted by atomic mass is 35.7. The van der Waals surface area contributed by atoms with Gasteiger partial charge in [0.05, 0.1) is 9.79 Å². The smallest absolute Gasteiger partial charge is 0.207 e. The van der Waals surface area contributed by atoms with Crippen molar-refractivity contribution < 1.29 is 16.8 Å². The number of benzene rings is 2. The van der Waals surface area contributed by atoms with E-state index in [9.17, 15) is 16.8 Å². The molecule has 1 heterocycles. The Labute approximate surface area is 133 Å². The fraction of sp³-hybridized carbons (Fsp3) is 0.143. The van der Waals surface area contributed by atoms with E-state index in [1.807, 2.05) is 0 Å². The van der Waals surface area contributed by atoms with E-state index < -0.39 is 19.1 Å². The van der Waals surface area contributed by atoms with Crippen molar-refractivity contribution in [3.05, 3.63) is 59.7 Å². The second kappa shape index (κ2) is 5.34. The zero-order chi connectivity index (χ0) is 16.0. The van der Waals surface area contributed by atoms with E-state index >= 15 is 0 Å². The number of hydrogen-bond donors (Lipinski definition) is 0. The number of rotatable bonds is 3. The van der Waals surface area contributed by atoms with Crippen molar-refractivity contribution in [3.8, 4) is 0 Å². The zero-order valence-electron chi connectivity index (χ0n) is 11.3. The third-order valence-electron chi connectivity index (χ3n) is 3.53. The Morgan fingerprint density at radius 2 is 1.45 bits per heavy atom. The molecule has 0 aromatic heterocycles. The largest absolute Gasteiger partial charge is 0.261 e. The van der Waals surface area contributed by atoms with E-state index in [1.54, 1.807) is 24.3 Å². The number of halogens is 1. The van der Waals surface area contributed by atoms with Crippen LogP contribution in [-0.4, -0.2) is 21.1 Å². The molecule has 5 nitrogen and oxygen atoms in total. The molecule has 2 aromatic carbocycles. The maximum Gasteiger partial charge on any atom is 0.261 e. The topological polar surface area (TPSA) is 71.5 Å². The summed E-state index contributed by atoms with van der Waals surface area (Å²) in [6.07, 6.45) is 0. The van der Waals surface area contributed by atoms with Gasteiger partial charge in [0.25, 0.3) is 9.05 Å². The molecule has 3 rings (SSSR count). The van der Waals surface area contributed by atoms with E-state index in [0.29, 0.717) is 5.56 Å². The second-order valence-electron chi connectivity index (χ2n) is 4.95. The van der Waals surface area contributed by atoms with Gasteiger partial charge in [-0.1, -0.05) is 24.3 Å². The Balaban J connectivity index is 1.95. The Bertz CT molecular complexity index is 925. The lowest BCUT2D eigenvalue weighted by Crippen LogP contribution is -2.25. The lowest BCUT2D eigenvalue weighted by atomic mass is 10.1. The molecule has 1 aliphatic rings. The van der Waals surface area contributed by atoms with Gasteiger partial charge in [-0.3, -0.25) is 0 Å². The van der Waals surface area contributed by atoms with E-state index in [-0.39, 0.29) is 22.9 Å². The molecule has 0 amide bonds. The Morgan fingerprint density at radius 3 is 2.09 bits per heavy atom. The monoisotopic (exact) mass is 357 g/mol. The van der Waals surface area contributed by atoms with Gasteiger partial charge in [-0.25, -0.2) is 16.8 Å². The Kier molecular flexibility index (Phi) is 3.76. The summed E-state index contributed by atoms with van der Waals surface area (Å²) < 4.78 is 49.2. The van der Waals surface area contributed by atoms with Gasteiger partial charge in [0.2, 0.25) is 10.0 Å². The predicted molar refractivity (Wildman–Crippen MR) is 82.4 cm³/mol. The van der Waals surface area contributed by atoms with Gasteiger partial charge in [-0.15, -0.1) is 0 Å². The van der Waals surface area contributed by atoms with Crippen LogP contribution in [0.3, 0.4) is 0 Å². The molecule has 0 N–H and O–H groups in total. The molecule has 0 saturated carbocycles. The van der Waals surface area contributed by atoms with Crippen molar-refractivity contribution in [1.82, 2.24) is 4.31 Å². The molecule has 1 aliphatic heterocycles. The van der Waals surface area contributed by atoms with Crippen LogP contribution in [0.15, 0.2) is 58.3 Å². The Hall–Kier alpha value is -1.41. The first-order valence-corrected chi connectivity index (χ1v) is 10.1. The summed E-state index contributed by atoms with van der Waals surface area (Å²) in [4.78, 5) is 0.194. The first kappa shape index (κ1) is 15.5. The molecule has 0 fully saturated rings. The standard InChI is InChI=1S/C14H12ClNO4S2/c15-21(17,18)14-7-6-11-9-16(10-12(11)8-14)22(19,20)13-4-2-1-3-5-13/h1-8H,9-10H2. The van der Waals surface area contributed by atoms with E-state index in [2.05, 4.69) is 0 Å². The van der Waals surface area contributed by atoms with Gasteiger partial charge in [0, 0.05) is 23.8 Å². The summed E-state index contributed by atoms with van der Waals surface area (Å²) in [5.74, 6) is 0. The molecule has 0 bridgehead atoms. The van der Waals surface area contributed by atoms with Crippen molar-refractivity contribution in [2.45, 2.75) is 22.9 Å². The van der Waals surface area contributed by atoms with E-state index in [4.69, 9.17) is 10.7 Å². The van der Waals surface area contributed by atoms with Gasteiger partial charge >= 0.3 is 0 Å². The van der Waals surface area contributed by atoms with Crippen LogP contribution in [-0.2, 0) is 32.2 Å². The summed E-state index contributed by atoms with van der Waals surface area (Å²) in [5, 5.41) is 0. The van der Waals surface area contributed by atoms with Crippen molar-refractivity contribution >= 4 is 29.8 Å². The van der Waals surface area contributed by atoms with Crippen LogP contribution < -0.4 is 0 Å². The third kappa shape index (κ3) is 2.77. The fourth-order valence-corrected chi connectivity index (χ4v) is 4.62. The highest BCUT2D eigenvalue weighted by molar-refractivity contribution is 8.13. The molecule has 0 atom stereocenters. The lowest BCUT2D eigenvalue weighted by Gasteiger charge is -2.15. The van der Waals surface area contributed by atoms with Crippen LogP contribution in [0, 0.1) is 0 Å². The van der Waals surface area contributed by atoms with Crippen molar-refractivity contribution in [1.29, 1.82) is 0 Å². The second-order valence-corrected chi connectivity index (χ2v) is 9.46. The van der Waals surface area contributed by atoms with Gasteiger partial charge in [0.15, 0.2) is 0 Å². The number of fused-ring (bicyclic) bond motifs is 1. The minimum atomic E-state index is -3.83. The van der Waals surface area contributed by atoms with Crippen LogP contribution in [0.1, 0.15) is 11.1 Å². The van der Waals surface area contributed by atoms with Crippen LogP contribution in [0.2, 0.25) is 0 Å². The highest BCUT2D eigenvalue weighted by Gasteiger charge is 2.31. The molecule has 8 heteroatoms. The molecule has 0 aliphatic carbocycles. The highest BCUT2D eigenvalue weighted by Crippen LogP contribution is 2.30.